The Morgan fingerprint density at radius 3 is 2.46 bits per heavy atom. The van der Waals surface area contributed by atoms with Crippen molar-refractivity contribution >= 4 is 52.1 Å². The second-order valence-electron chi connectivity index (χ2n) is 8.18. The molecule has 0 radical (unpaired) electrons. The number of aryl methyl sites for hydroxylation is 1. The van der Waals surface area contributed by atoms with E-state index >= 15 is 0 Å². The first-order valence-corrected chi connectivity index (χ1v) is 12.9. The lowest BCUT2D eigenvalue weighted by molar-refractivity contribution is -0.116. The number of carbonyl (C=O) groups excluding carboxylic acids is 4. The predicted octanol–water partition coefficient (Wildman–Crippen LogP) is 4.06. The Morgan fingerprint density at radius 1 is 1.14 bits per heavy atom. The number of hydrogen-bond acceptors (Lipinski definition) is 8. The largest absolute Gasteiger partial charge is 0.462 e. The van der Waals surface area contributed by atoms with E-state index in [-0.39, 0.29) is 42.0 Å². The first-order valence-electron chi connectivity index (χ1n) is 11.7. The van der Waals surface area contributed by atoms with Gasteiger partial charge < -0.3 is 19.9 Å². The molecule has 37 heavy (non-hydrogen) atoms. The summed E-state index contributed by atoms with van der Waals surface area (Å²) in [5.41, 5.74) is 2.04. The lowest BCUT2D eigenvalue weighted by atomic mass is 10.1. The summed E-state index contributed by atoms with van der Waals surface area (Å²) in [6.07, 6.45) is 0. The van der Waals surface area contributed by atoms with E-state index in [9.17, 15) is 19.2 Å². The number of nitrogens with one attached hydrogen (secondary N) is 2. The Balaban J connectivity index is 1.79. The fourth-order valence-corrected chi connectivity index (χ4v) is 5.25. The van der Waals surface area contributed by atoms with Crippen LogP contribution in [-0.4, -0.2) is 44.5 Å². The number of carbonyl (C=O) groups is 4. The molecule has 0 aliphatic carbocycles. The van der Waals surface area contributed by atoms with Crippen molar-refractivity contribution < 1.29 is 23.9 Å². The number of ketones is 1. The van der Waals surface area contributed by atoms with Gasteiger partial charge in [-0.3, -0.25) is 14.4 Å². The zero-order valence-electron chi connectivity index (χ0n) is 21.3. The quantitative estimate of drug-likeness (QED) is 0.224. The molecule has 3 rings (SSSR count). The molecule has 0 aliphatic rings. The summed E-state index contributed by atoms with van der Waals surface area (Å²) in [5, 5.41) is 10.2. The molecule has 10 nitrogen and oxygen atoms in total. The zero-order valence-corrected chi connectivity index (χ0v) is 23.0. The van der Waals surface area contributed by atoms with Crippen molar-refractivity contribution in [3.8, 4) is 0 Å². The number of anilines is 1. The monoisotopic (exact) mass is 543 g/mol. The van der Waals surface area contributed by atoms with Crippen LogP contribution in [0.4, 0.5) is 5.00 Å². The van der Waals surface area contributed by atoms with Crippen molar-refractivity contribution in [1.29, 1.82) is 0 Å². The minimum absolute atomic E-state index is 0.123. The van der Waals surface area contributed by atoms with Crippen LogP contribution in [-0.2, 0) is 29.2 Å². The van der Waals surface area contributed by atoms with Crippen LogP contribution in [0.1, 0.15) is 68.1 Å². The molecule has 0 atom stereocenters. The van der Waals surface area contributed by atoms with Gasteiger partial charge >= 0.3 is 5.97 Å². The molecule has 2 N–H and O–H groups in total. The van der Waals surface area contributed by atoms with Crippen LogP contribution in [0.2, 0.25) is 0 Å². The maximum absolute atomic E-state index is 12.9. The lowest BCUT2D eigenvalue weighted by Gasteiger charge is -2.07. The number of amides is 2. The van der Waals surface area contributed by atoms with Crippen molar-refractivity contribution in [3.63, 3.8) is 0 Å². The van der Waals surface area contributed by atoms with Gasteiger partial charge in [-0.15, -0.1) is 11.3 Å². The van der Waals surface area contributed by atoms with Crippen molar-refractivity contribution in [3.05, 3.63) is 62.0 Å². The predicted molar refractivity (Wildman–Crippen MR) is 143 cm³/mol. The number of thiophene rings is 1. The van der Waals surface area contributed by atoms with Gasteiger partial charge in [-0.25, -0.2) is 9.48 Å². The average molecular weight is 544 g/mol. The molecule has 2 amide bonds. The van der Waals surface area contributed by atoms with Crippen molar-refractivity contribution in [2.24, 2.45) is 0 Å². The highest BCUT2D eigenvalue weighted by molar-refractivity contribution is 7.71. The second kappa shape index (κ2) is 12.1. The Kier molecular flexibility index (Phi) is 9.11. The van der Waals surface area contributed by atoms with Crippen molar-refractivity contribution in [1.82, 2.24) is 19.7 Å². The molecule has 0 unspecified atom stereocenters. The molecule has 0 spiro atoms. The fourth-order valence-electron chi connectivity index (χ4n) is 3.81. The normalized spacial score (nSPS) is 10.7. The number of ether oxygens (including phenoxy) is 1. The topological polar surface area (TPSA) is 124 Å². The third-order valence-electron chi connectivity index (χ3n) is 5.60. The molecule has 0 saturated heterocycles. The van der Waals surface area contributed by atoms with Gasteiger partial charge in [-0.2, -0.15) is 5.10 Å². The Hall–Kier alpha value is -3.64. The minimum atomic E-state index is -0.613. The van der Waals surface area contributed by atoms with E-state index in [0.717, 1.165) is 16.9 Å². The van der Waals surface area contributed by atoms with Gasteiger partial charge in [-0.1, -0.05) is 18.2 Å². The van der Waals surface area contributed by atoms with E-state index in [1.165, 1.54) is 11.6 Å². The third-order valence-corrected chi connectivity index (χ3v) is 7.34. The lowest BCUT2D eigenvalue weighted by Crippen LogP contribution is -2.25. The fraction of sp³-hybridized carbons (Fsp3) is 0.360. The first kappa shape index (κ1) is 27.9. The molecule has 1 aromatic carbocycles. The molecule has 0 saturated carbocycles. The zero-order chi connectivity index (χ0) is 27.3. The second-order valence-corrected chi connectivity index (χ2v) is 9.57. The van der Waals surface area contributed by atoms with Crippen LogP contribution in [0, 0.1) is 18.6 Å². The minimum Gasteiger partial charge on any atom is -0.462 e. The van der Waals surface area contributed by atoms with Gasteiger partial charge in [0.1, 0.15) is 11.5 Å². The molecule has 0 fully saturated rings. The van der Waals surface area contributed by atoms with Gasteiger partial charge in [0, 0.05) is 12.1 Å². The highest BCUT2D eigenvalue weighted by atomic mass is 32.1. The van der Waals surface area contributed by atoms with Gasteiger partial charge in [0.15, 0.2) is 16.4 Å². The van der Waals surface area contributed by atoms with Crippen LogP contribution in [0.25, 0.3) is 0 Å². The van der Waals surface area contributed by atoms with Crippen LogP contribution in [0.5, 0.6) is 0 Å². The van der Waals surface area contributed by atoms with E-state index in [4.69, 9.17) is 17.0 Å². The van der Waals surface area contributed by atoms with Crippen molar-refractivity contribution in [2.75, 3.05) is 11.9 Å². The van der Waals surface area contributed by atoms with E-state index in [1.807, 2.05) is 26.0 Å². The number of hydrogen-bond donors (Lipinski definition) is 2. The van der Waals surface area contributed by atoms with E-state index in [1.54, 1.807) is 30.5 Å². The summed E-state index contributed by atoms with van der Waals surface area (Å²) < 4.78 is 8.52. The summed E-state index contributed by atoms with van der Waals surface area (Å²) >= 11 is 6.53. The summed E-state index contributed by atoms with van der Waals surface area (Å²) in [6, 6.07) is 7.26. The molecular formula is C25H29N5O5S2. The summed E-state index contributed by atoms with van der Waals surface area (Å²) in [4.78, 5) is 50.4. The number of esters is 1. The molecule has 196 valence electrons. The van der Waals surface area contributed by atoms with E-state index in [2.05, 4.69) is 15.7 Å². The van der Waals surface area contributed by atoms with Gasteiger partial charge in [0.25, 0.3) is 5.91 Å². The van der Waals surface area contributed by atoms with Crippen molar-refractivity contribution in [2.45, 2.75) is 54.3 Å². The molecule has 3 aromatic rings. The molecule has 0 bridgehead atoms. The van der Waals surface area contributed by atoms with Crippen LogP contribution < -0.4 is 10.6 Å². The van der Waals surface area contributed by atoms with Gasteiger partial charge in [-0.05, 0) is 64.0 Å². The maximum Gasteiger partial charge on any atom is 0.341 e. The molecule has 2 aromatic heterocycles. The summed E-state index contributed by atoms with van der Waals surface area (Å²) in [6.45, 7) is 9.02. The standard InChI is InChI=1S/C25H29N5O5S2/c1-6-29-18(12-26-22(33)17-11-9-8-10-14(17)3)28-30(25(29)36)13-19(32)27-23-20(24(34)35-7-2)15(4)21(37-23)16(5)31/h8-11H,6-7,12-13H2,1-5H3,(H,26,33)(H,27,32). The third kappa shape index (κ3) is 6.20. The molecular weight excluding hydrogens is 514 g/mol. The summed E-state index contributed by atoms with van der Waals surface area (Å²) in [5.74, 6) is -1.04. The van der Waals surface area contributed by atoms with Gasteiger partial charge in [0.05, 0.1) is 23.6 Å². The first-order chi connectivity index (χ1) is 17.6. The number of rotatable bonds is 10. The van der Waals surface area contributed by atoms with E-state index < -0.39 is 11.9 Å². The highest BCUT2D eigenvalue weighted by Crippen LogP contribution is 2.34. The van der Waals surface area contributed by atoms with E-state index in [0.29, 0.717) is 33.1 Å². The van der Waals surface area contributed by atoms with Crippen LogP contribution in [0.15, 0.2) is 24.3 Å². The Morgan fingerprint density at radius 2 is 1.84 bits per heavy atom. The Bertz CT molecular complexity index is 1420. The number of nitrogens with zero attached hydrogens (tertiary/aromatic N) is 3. The number of benzene rings is 1. The number of Topliss-reactive ketones (excluding diaryl/α,β-unsaturated/α-hetero) is 1. The SMILES string of the molecule is CCOC(=O)c1c(NC(=O)Cn2nc(CNC(=O)c3ccccc3C)n(CC)c2=S)sc(C(C)=O)c1C. The number of aromatic nitrogens is 3. The maximum atomic E-state index is 12.9. The summed E-state index contributed by atoms with van der Waals surface area (Å²) in [7, 11) is 0. The Labute approximate surface area is 223 Å². The van der Waals surface area contributed by atoms with Gasteiger partial charge in [0.2, 0.25) is 5.91 Å². The molecule has 0 aliphatic heterocycles. The van der Waals surface area contributed by atoms with Crippen LogP contribution in [0.3, 0.4) is 0 Å². The average Bonchev–Trinajstić information content (AvgIpc) is 3.33. The molecule has 12 heteroatoms. The highest BCUT2D eigenvalue weighted by Gasteiger charge is 2.25. The van der Waals surface area contributed by atoms with Crippen LogP contribution >= 0.6 is 23.6 Å². The molecule has 2 heterocycles. The smallest absolute Gasteiger partial charge is 0.341 e.